The van der Waals surface area contributed by atoms with Gasteiger partial charge in [-0.1, -0.05) is 0 Å². The second-order valence-corrected chi connectivity index (χ2v) is 5.61. The van der Waals surface area contributed by atoms with E-state index in [0.717, 1.165) is 0 Å². The molecular weight excluding hydrogens is 271 g/mol. The quantitative estimate of drug-likeness (QED) is 0.454. The first-order valence-electron chi connectivity index (χ1n) is 3.14. The molecule has 0 spiro atoms. The topological polar surface area (TPSA) is 154 Å². The zero-order valence-corrected chi connectivity index (χ0v) is 9.26. The van der Waals surface area contributed by atoms with Gasteiger partial charge in [-0.2, -0.15) is 15.0 Å². The molecule has 12 heteroatoms. The molecule has 0 aliphatic carbocycles. The molecular formula is C3H4ClN3O6P2. The molecule has 0 aliphatic heterocycles. The van der Waals surface area contributed by atoms with Gasteiger partial charge in [-0.3, -0.25) is 9.13 Å². The van der Waals surface area contributed by atoms with Crippen LogP contribution in [0.4, 0.5) is 0 Å². The standard InChI is InChI=1S/C3H4ClN3O6P2/c4-1-5-2(14(8,9)10)7-3(6-1)15(11,12)13/h(H2,8,9,10)(H2,11,12,13). The third-order valence-corrected chi connectivity index (χ3v) is 2.72. The lowest BCUT2D eigenvalue weighted by Crippen LogP contribution is -2.26. The van der Waals surface area contributed by atoms with Gasteiger partial charge in [0.2, 0.25) is 16.4 Å². The van der Waals surface area contributed by atoms with E-state index >= 15 is 0 Å². The summed E-state index contributed by atoms with van der Waals surface area (Å²) in [6, 6.07) is 0. The Kier molecular flexibility index (Phi) is 3.27. The van der Waals surface area contributed by atoms with Gasteiger partial charge in [0.1, 0.15) is 0 Å². The fourth-order valence-electron chi connectivity index (χ4n) is 0.590. The van der Waals surface area contributed by atoms with Crippen LogP contribution in [-0.2, 0) is 9.13 Å². The van der Waals surface area contributed by atoms with Crippen LogP contribution in [0.15, 0.2) is 0 Å². The minimum absolute atomic E-state index is 0.707. The Labute approximate surface area is 87.5 Å². The van der Waals surface area contributed by atoms with Crippen molar-refractivity contribution < 1.29 is 28.7 Å². The van der Waals surface area contributed by atoms with Crippen LogP contribution in [0.3, 0.4) is 0 Å². The first kappa shape index (κ1) is 12.7. The van der Waals surface area contributed by atoms with Crippen molar-refractivity contribution >= 4 is 37.9 Å². The second kappa shape index (κ2) is 3.88. The maximum Gasteiger partial charge on any atom is 0.393 e. The summed E-state index contributed by atoms with van der Waals surface area (Å²) < 4.78 is 21.4. The smallest absolute Gasteiger partial charge is 0.319 e. The number of rotatable bonds is 2. The number of hydrogen-bond acceptors (Lipinski definition) is 5. The lowest BCUT2D eigenvalue weighted by molar-refractivity contribution is 0.384. The lowest BCUT2D eigenvalue weighted by atomic mass is 11.1. The van der Waals surface area contributed by atoms with E-state index in [2.05, 4.69) is 15.0 Å². The van der Waals surface area contributed by atoms with Crippen molar-refractivity contribution in [3.63, 3.8) is 0 Å². The summed E-state index contributed by atoms with van der Waals surface area (Å²) in [6.45, 7) is 0. The Bertz CT molecular complexity index is 440. The monoisotopic (exact) mass is 275 g/mol. The van der Waals surface area contributed by atoms with Crippen LogP contribution in [0.2, 0.25) is 5.28 Å². The van der Waals surface area contributed by atoms with Crippen LogP contribution in [0, 0.1) is 0 Å². The average molecular weight is 275 g/mol. The highest BCUT2D eigenvalue weighted by atomic mass is 35.5. The van der Waals surface area contributed by atoms with Gasteiger partial charge in [0.15, 0.2) is 0 Å². The molecule has 0 fully saturated rings. The predicted octanol–water partition coefficient (Wildman–Crippen LogP) is -1.87. The molecule has 0 bridgehead atoms. The van der Waals surface area contributed by atoms with Crippen LogP contribution in [0.5, 0.6) is 0 Å². The molecule has 4 N–H and O–H groups in total. The van der Waals surface area contributed by atoms with Gasteiger partial charge in [0.05, 0.1) is 0 Å². The van der Waals surface area contributed by atoms with E-state index in [-0.39, 0.29) is 0 Å². The van der Waals surface area contributed by atoms with E-state index in [9.17, 15) is 9.13 Å². The van der Waals surface area contributed by atoms with Gasteiger partial charge in [0, 0.05) is 0 Å². The van der Waals surface area contributed by atoms with Gasteiger partial charge in [-0.25, -0.2) is 0 Å². The number of nitrogens with zero attached hydrogens (tertiary/aromatic N) is 3. The molecule has 0 amide bonds. The molecule has 9 nitrogen and oxygen atoms in total. The maximum atomic E-state index is 10.7. The van der Waals surface area contributed by atoms with Crippen molar-refractivity contribution in [2.75, 3.05) is 0 Å². The molecule has 0 saturated carbocycles. The summed E-state index contributed by atoms with van der Waals surface area (Å²) in [4.78, 5) is 43.7. The Hall–Kier alpha value is -0.400. The molecule has 1 heterocycles. The predicted molar refractivity (Wildman–Crippen MR) is 48.2 cm³/mol. The van der Waals surface area contributed by atoms with Crippen LogP contribution in [0.1, 0.15) is 0 Å². The molecule has 15 heavy (non-hydrogen) atoms. The number of halogens is 1. The summed E-state index contributed by atoms with van der Waals surface area (Å²) in [5, 5.41) is -0.707. The van der Waals surface area contributed by atoms with Crippen LogP contribution in [-0.4, -0.2) is 34.5 Å². The minimum atomic E-state index is -4.83. The maximum absolute atomic E-state index is 10.7. The van der Waals surface area contributed by atoms with Crippen molar-refractivity contribution in [2.24, 2.45) is 0 Å². The summed E-state index contributed by atoms with van der Waals surface area (Å²) in [5.41, 5.74) is -2.17. The molecule has 84 valence electrons. The van der Waals surface area contributed by atoms with E-state index in [1.54, 1.807) is 0 Å². The van der Waals surface area contributed by atoms with E-state index in [1.807, 2.05) is 0 Å². The van der Waals surface area contributed by atoms with Gasteiger partial charge in [0.25, 0.3) is 0 Å². The van der Waals surface area contributed by atoms with Gasteiger partial charge >= 0.3 is 15.2 Å². The average Bonchev–Trinajstić information content (AvgIpc) is 1.99. The molecule has 0 aliphatic rings. The van der Waals surface area contributed by atoms with Gasteiger partial charge in [-0.05, 0) is 11.6 Å². The van der Waals surface area contributed by atoms with Crippen LogP contribution >= 0.6 is 26.8 Å². The normalized spacial score (nSPS) is 12.9. The summed E-state index contributed by atoms with van der Waals surface area (Å²) in [5.74, 6) is 0. The molecule has 0 atom stereocenters. The number of hydrogen-bond donors (Lipinski definition) is 4. The lowest BCUT2D eigenvalue weighted by Gasteiger charge is -2.05. The van der Waals surface area contributed by atoms with E-state index < -0.39 is 31.6 Å². The molecule has 0 saturated heterocycles. The Morgan fingerprint density at radius 2 is 1.20 bits per heavy atom. The minimum Gasteiger partial charge on any atom is -0.319 e. The SMILES string of the molecule is O=P(O)(O)c1nc(Cl)nc(P(=O)(O)O)n1. The third kappa shape index (κ3) is 3.29. The highest BCUT2D eigenvalue weighted by Gasteiger charge is 2.29. The molecule has 0 radical (unpaired) electrons. The largest absolute Gasteiger partial charge is 0.393 e. The van der Waals surface area contributed by atoms with E-state index in [0.29, 0.717) is 0 Å². The van der Waals surface area contributed by atoms with Gasteiger partial charge in [-0.15, -0.1) is 0 Å². The molecule has 1 aromatic heterocycles. The molecule has 1 rings (SSSR count). The first-order chi connectivity index (χ1) is 6.60. The molecule has 0 aromatic carbocycles. The van der Waals surface area contributed by atoms with E-state index in [4.69, 9.17) is 31.2 Å². The zero-order valence-electron chi connectivity index (χ0n) is 6.72. The summed E-state index contributed by atoms with van der Waals surface area (Å²) in [7, 11) is -9.66. The van der Waals surface area contributed by atoms with Crippen molar-refractivity contribution in [3.8, 4) is 0 Å². The van der Waals surface area contributed by atoms with Crippen molar-refractivity contribution in [1.82, 2.24) is 15.0 Å². The molecule has 0 unspecified atom stereocenters. The highest BCUT2D eigenvalue weighted by molar-refractivity contribution is 7.61. The Morgan fingerprint density at radius 3 is 1.47 bits per heavy atom. The highest BCUT2D eigenvalue weighted by Crippen LogP contribution is 2.34. The fourth-order valence-corrected chi connectivity index (χ4v) is 1.85. The van der Waals surface area contributed by atoms with Crippen molar-refractivity contribution in [2.45, 2.75) is 0 Å². The summed E-state index contributed by atoms with van der Waals surface area (Å²) >= 11 is 5.21. The fraction of sp³-hybridized carbons (Fsp3) is 0. The van der Waals surface area contributed by atoms with Crippen molar-refractivity contribution in [1.29, 1.82) is 0 Å². The Balaban J connectivity index is 3.43. The van der Waals surface area contributed by atoms with E-state index in [1.165, 1.54) is 0 Å². The molecule has 1 aromatic rings. The Morgan fingerprint density at radius 1 is 0.867 bits per heavy atom. The van der Waals surface area contributed by atoms with Crippen molar-refractivity contribution in [3.05, 3.63) is 5.28 Å². The third-order valence-electron chi connectivity index (χ3n) is 1.11. The summed E-state index contributed by atoms with van der Waals surface area (Å²) in [6.07, 6.45) is 0. The first-order valence-corrected chi connectivity index (χ1v) is 6.75. The van der Waals surface area contributed by atoms with Gasteiger partial charge < -0.3 is 19.6 Å². The van der Waals surface area contributed by atoms with Crippen LogP contribution in [0.25, 0.3) is 0 Å². The van der Waals surface area contributed by atoms with Crippen LogP contribution < -0.4 is 11.1 Å². The number of aromatic nitrogens is 3. The zero-order chi connectivity index (χ0) is 11.9. The second-order valence-electron chi connectivity index (χ2n) is 2.29.